The molecule has 96 valence electrons. The summed E-state index contributed by atoms with van der Waals surface area (Å²) in [6, 6.07) is 2.82. The molecule has 17 heavy (non-hydrogen) atoms. The minimum absolute atomic E-state index is 0.0702. The molecule has 0 aliphatic heterocycles. The normalized spacial score (nSPS) is 16.4. The number of hydrogen-bond acceptors (Lipinski definition) is 3. The minimum Gasteiger partial charge on any atom is -0.467 e. The average Bonchev–Trinajstić information content (AvgIpc) is 3.03. The highest BCUT2D eigenvalue weighted by Gasteiger charge is 2.20. The van der Waals surface area contributed by atoms with Crippen molar-refractivity contribution < 1.29 is 9.15 Å². The van der Waals surface area contributed by atoms with E-state index >= 15 is 0 Å². The molecule has 1 aromatic heterocycles. The van der Waals surface area contributed by atoms with Crippen LogP contribution in [0.3, 0.4) is 0 Å². The Morgan fingerprint density at radius 1 is 1.47 bits per heavy atom. The second kappa shape index (κ2) is 5.23. The first-order valence-corrected chi connectivity index (χ1v) is 6.53. The highest BCUT2D eigenvalue weighted by atomic mass is 16.5. The molecule has 3 heteroatoms. The van der Waals surface area contributed by atoms with E-state index in [4.69, 9.17) is 9.15 Å². The molecule has 1 N–H and O–H groups in total. The Bertz CT molecular complexity index is 353. The van der Waals surface area contributed by atoms with Crippen LogP contribution in [0, 0.1) is 0 Å². The van der Waals surface area contributed by atoms with Crippen LogP contribution in [0.15, 0.2) is 16.7 Å². The third kappa shape index (κ3) is 4.17. The van der Waals surface area contributed by atoms with Gasteiger partial charge in [-0.05, 0) is 39.2 Å². The zero-order valence-corrected chi connectivity index (χ0v) is 11.1. The van der Waals surface area contributed by atoms with Crippen LogP contribution < -0.4 is 5.32 Å². The third-order valence-electron chi connectivity index (χ3n) is 3.34. The molecular formula is C14H23NO2. The molecule has 1 saturated carbocycles. The van der Waals surface area contributed by atoms with Crippen molar-refractivity contribution in [3.05, 3.63) is 23.7 Å². The molecule has 2 rings (SSSR count). The van der Waals surface area contributed by atoms with Gasteiger partial charge < -0.3 is 14.5 Å². The van der Waals surface area contributed by atoms with Gasteiger partial charge in [0.05, 0.1) is 11.9 Å². The van der Waals surface area contributed by atoms with E-state index < -0.39 is 0 Å². The van der Waals surface area contributed by atoms with Gasteiger partial charge in [0.2, 0.25) is 0 Å². The fourth-order valence-electron chi connectivity index (χ4n) is 1.51. The molecule has 1 heterocycles. The zero-order valence-electron chi connectivity index (χ0n) is 11.1. The lowest BCUT2D eigenvalue weighted by atomic mass is 10.1. The van der Waals surface area contributed by atoms with Gasteiger partial charge in [-0.25, -0.2) is 0 Å². The van der Waals surface area contributed by atoms with Gasteiger partial charge in [-0.3, -0.25) is 0 Å². The van der Waals surface area contributed by atoms with E-state index in [1.54, 1.807) is 0 Å². The van der Waals surface area contributed by atoms with E-state index in [0.717, 1.165) is 24.8 Å². The maximum Gasteiger partial charge on any atom is 0.129 e. The Labute approximate surface area is 104 Å². The van der Waals surface area contributed by atoms with E-state index in [0.29, 0.717) is 6.61 Å². The van der Waals surface area contributed by atoms with Crippen LogP contribution in [0.2, 0.25) is 0 Å². The zero-order chi connectivity index (χ0) is 12.3. The van der Waals surface area contributed by atoms with E-state index in [1.165, 1.54) is 18.4 Å². The lowest BCUT2D eigenvalue weighted by molar-refractivity contribution is -0.0383. The Kier molecular flexibility index (Phi) is 3.89. The highest BCUT2D eigenvalue weighted by Crippen LogP contribution is 2.20. The van der Waals surface area contributed by atoms with Gasteiger partial charge in [0.15, 0.2) is 0 Å². The van der Waals surface area contributed by atoms with Gasteiger partial charge in [0.1, 0.15) is 12.4 Å². The lowest BCUT2D eigenvalue weighted by Crippen LogP contribution is -2.22. The van der Waals surface area contributed by atoms with Crippen LogP contribution in [-0.4, -0.2) is 11.6 Å². The molecule has 1 fully saturated rings. The van der Waals surface area contributed by atoms with Crippen molar-refractivity contribution >= 4 is 0 Å². The number of rotatable bonds is 7. The monoisotopic (exact) mass is 237 g/mol. The first-order chi connectivity index (χ1) is 8.09. The molecule has 0 bridgehead atoms. The molecule has 0 radical (unpaired) electrons. The second-order valence-corrected chi connectivity index (χ2v) is 5.48. The largest absolute Gasteiger partial charge is 0.467 e. The minimum atomic E-state index is -0.0702. The Hall–Kier alpha value is -0.800. The van der Waals surface area contributed by atoms with E-state index in [-0.39, 0.29) is 5.60 Å². The van der Waals surface area contributed by atoms with Gasteiger partial charge in [0.25, 0.3) is 0 Å². The fourth-order valence-corrected chi connectivity index (χ4v) is 1.51. The van der Waals surface area contributed by atoms with Crippen molar-refractivity contribution in [1.82, 2.24) is 5.32 Å². The quantitative estimate of drug-likeness (QED) is 0.790. The molecule has 0 saturated heterocycles. The van der Waals surface area contributed by atoms with Crippen LogP contribution in [0.1, 0.15) is 51.4 Å². The highest BCUT2D eigenvalue weighted by molar-refractivity contribution is 5.12. The summed E-state index contributed by atoms with van der Waals surface area (Å²) in [5.74, 6) is 0.916. The fraction of sp³-hybridized carbons (Fsp3) is 0.714. The van der Waals surface area contributed by atoms with Gasteiger partial charge >= 0.3 is 0 Å². The van der Waals surface area contributed by atoms with Crippen molar-refractivity contribution in [2.45, 2.75) is 64.8 Å². The van der Waals surface area contributed by atoms with E-state index in [9.17, 15) is 0 Å². The molecule has 1 aliphatic rings. The summed E-state index contributed by atoms with van der Waals surface area (Å²) < 4.78 is 11.3. The third-order valence-corrected chi connectivity index (χ3v) is 3.34. The summed E-state index contributed by atoms with van der Waals surface area (Å²) in [5.41, 5.74) is 1.14. The first-order valence-electron chi connectivity index (χ1n) is 6.53. The van der Waals surface area contributed by atoms with Crippen LogP contribution in [0.5, 0.6) is 0 Å². The van der Waals surface area contributed by atoms with Crippen LogP contribution in [0.25, 0.3) is 0 Å². The van der Waals surface area contributed by atoms with Gasteiger partial charge in [-0.15, -0.1) is 0 Å². The standard InChI is InChI=1S/C14H23NO2/c1-4-14(2,3)17-10-13-7-11(9-16-13)8-15-12-5-6-12/h7,9,12,15H,4-6,8,10H2,1-3H3. The van der Waals surface area contributed by atoms with E-state index in [1.807, 2.05) is 6.26 Å². The number of nitrogens with one attached hydrogen (secondary N) is 1. The summed E-state index contributed by atoms with van der Waals surface area (Å²) in [7, 11) is 0. The summed E-state index contributed by atoms with van der Waals surface area (Å²) in [5, 5.41) is 3.47. The summed E-state index contributed by atoms with van der Waals surface area (Å²) in [6.45, 7) is 7.81. The lowest BCUT2D eigenvalue weighted by Gasteiger charge is -2.22. The number of hydrogen-bond donors (Lipinski definition) is 1. The van der Waals surface area contributed by atoms with E-state index in [2.05, 4.69) is 32.2 Å². The van der Waals surface area contributed by atoms with Crippen molar-refractivity contribution in [3.63, 3.8) is 0 Å². The Morgan fingerprint density at radius 2 is 2.24 bits per heavy atom. The molecule has 0 unspecified atom stereocenters. The topological polar surface area (TPSA) is 34.4 Å². The molecule has 1 aromatic rings. The summed E-state index contributed by atoms with van der Waals surface area (Å²) in [4.78, 5) is 0. The SMILES string of the molecule is CCC(C)(C)OCc1cc(CNC2CC2)co1. The van der Waals surface area contributed by atoms with Crippen molar-refractivity contribution in [1.29, 1.82) is 0 Å². The molecule has 0 spiro atoms. The summed E-state index contributed by atoms with van der Waals surface area (Å²) >= 11 is 0. The Morgan fingerprint density at radius 3 is 2.88 bits per heavy atom. The van der Waals surface area contributed by atoms with Crippen LogP contribution >= 0.6 is 0 Å². The van der Waals surface area contributed by atoms with Gasteiger partial charge in [-0.2, -0.15) is 0 Å². The predicted molar refractivity (Wildman–Crippen MR) is 67.7 cm³/mol. The van der Waals surface area contributed by atoms with Crippen LogP contribution in [-0.2, 0) is 17.9 Å². The molecule has 1 aliphatic carbocycles. The van der Waals surface area contributed by atoms with Crippen molar-refractivity contribution in [2.24, 2.45) is 0 Å². The van der Waals surface area contributed by atoms with Gasteiger partial charge in [0, 0.05) is 18.2 Å². The first kappa shape index (κ1) is 12.7. The smallest absolute Gasteiger partial charge is 0.129 e. The molecule has 0 amide bonds. The maximum absolute atomic E-state index is 5.80. The van der Waals surface area contributed by atoms with Crippen molar-refractivity contribution in [2.75, 3.05) is 0 Å². The molecule has 0 atom stereocenters. The second-order valence-electron chi connectivity index (χ2n) is 5.48. The molecular weight excluding hydrogens is 214 g/mol. The predicted octanol–water partition coefficient (Wildman–Crippen LogP) is 3.24. The van der Waals surface area contributed by atoms with Crippen LogP contribution in [0.4, 0.5) is 0 Å². The summed E-state index contributed by atoms with van der Waals surface area (Å²) in [6.07, 6.45) is 5.47. The maximum atomic E-state index is 5.80. The Balaban J connectivity index is 1.76. The van der Waals surface area contributed by atoms with Gasteiger partial charge in [-0.1, -0.05) is 6.92 Å². The van der Waals surface area contributed by atoms with Crippen molar-refractivity contribution in [3.8, 4) is 0 Å². The average molecular weight is 237 g/mol. The number of ether oxygens (including phenoxy) is 1. The molecule has 0 aromatic carbocycles. The number of furan rings is 1. The molecule has 3 nitrogen and oxygen atoms in total.